The normalized spacial score (nSPS) is 15.9. The van der Waals surface area contributed by atoms with E-state index in [9.17, 15) is 14.4 Å². The van der Waals surface area contributed by atoms with Crippen LogP contribution in [0, 0.1) is 3.57 Å². The van der Waals surface area contributed by atoms with Gasteiger partial charge in [0.25, 0.3) is 5.91 Å². The van der Waals surface area contributed by atoms with Crippen LogP contribution in [0.4, 0.5) is 5.69 Å². The van der Waals surface area contributed by atoms with E-state index in [1.54, 1.807) is 24.8 Å². The van der Waals surface area contributed by atoms with E-state index in [-0.39, 0.29) is 36.8 Å². The van der Waals surface area contributed by atoms with Crippen LogP contribution in [0.2, 0.25) is 0 Å². The third-order valence-electron chi connectivity index (χ3n) is 4.10. The van der Waals surface area contributed by atoms with Crippen LogP contribution in [0.25, 0.3) is 0 Å². The lowest BCUT2D eigenvalue weighted by Crippen LogP contribution is -2.46. The van der Waals surface area contributed by atoms with Crippen molar-refractivity contribution in [3.63, 3.8) is 0 Å². The van der Waals surface area contributed by atoms with E-state index >= 15 is 0 Å². The highest BCUT2D eigenvalue weighted by molar-refractivity contribution is 14.1. The van der Waals surface area contributed by atoms with Crippen molar-refractivity contribution in [3.05, 3.63) is 27.3 Å². The molecule has 0 fully saturated rings. The van der Waals surface area contributed by atoms with Crippen LogP contribution in [0.5, 0.6) is 0 Å². The Morgan fingerprint density at radius 2 is 1.96 bits per heavy atom. The zero-order valence-corrected chi connectivity index (χ0v) is 17.1. The van der Waals surface area contributed by atoms with Gasteiger partial charge in [-0.15, -0.1) is 0 Å². The van der Waals surface area contributed by atoms with Crippen LogP contribution in [0.1, 0.15) is 44.5 Å². The average Bonchev–Trinajstić information content (AvgIpc) is 2.63. The molecule has 1 aliphatic rings. The maximum atomic E-state index is 13.1. The molecule has 0 saturated carbocycles. The molecule has 0 bridgehead atoms. The van der Waals surface area contributed by atoms with E-state index in [2.05, 4.69) is 22.6 Å². The Labute approximate surface area is 161 Å². The van der Waals surface area contributed by atoms with Crippen molar-refractivity contribution < 1.29 is 19.1 Å². The summed E-state index contributed by atoms with van der Waals surface area (Å²) >= 11 is 2.15. The monoisotopic (exact) mass is 458 g/mol. The van der Waals surface area contributed by atoms with Gasteiger partial charge in [-0.3, -0.25) is 14.4 Å². The SMILES string of the molecule is CCOC(=O)CC(C)N1CC(=O)N(C(C)C)c2ccc(I)cc2C1=O. The maximum Gasteiger partial charge on any atom is 0.307 e. The largest absolute Gasteiger partial charge is 0.466 e. The number of rotatable bonds is 5. The Morgan fingerprint density at radius 1 is 1.28 bits per heavy atom. The molecule has 2 rings (SSSR count). The third-order valence-corrected chi connectivity index (χ3v) is 4.77. The van der Waals surface area contributed by atoms with Gasteiger partial charge < -0.3 is 14.5 Å². The van der Waals surface area contributed by atoms with Gasteiger partial charge in [0.1, 0.15) is 6.54 Å². The lowest BCUT2D eigenvalue weighted by molar-refractivity contribution is -0.144. The number of nitrogens with zero attached hydrogens (tertiary/aromatic N) is 2. The molecule has 1 atom stereocenters. The molecule has 7 heteroatoms. The second kappa shape index (κ2) is 8.16. The topological polar surface area (TPSA) is 66.9 Å². The molecule has 2 amide bonds. The number of carbonyl (C=O) groups excluding carboxylic acids is 3. The molecule has 0 spiro atoms. The van der Waals surface area contributed by atoms with Gasteiger partial charge in [-0.2, -0.15) is 0 Å². The Morgan fingerprint density at radius 3 is 2.56 bits per heavy atom. The Kier molecular flexibility index (Phi) is 6.42. The average molecular weight is 458 g/mol. The zero-order chi connectivity index (χ0) is 18.7. The molecule has 136 valence electrons. The number of amides is 2. The van der Waals surface area contributed by atoms with Gasteiger partial charge in [0, 0.05) is 15.7 Å². The van der Waals surface area contributed by atoms with E-state index in [0.717, 1.165) is 3.57 Å². The minimum Gasteiger partial charge on any atom is -0.466 e. The molecule has 0 radical (unpaired) electrons. The first kappa shape index (κ1) is 19.7. The molecule has 1 aromatic carbocycles. The Bertz CT molecular complexity index is 690. The highest BCUT2D eigenvalue weighted by Gasteiger charge is 2.35. The summed E-state index contributed by atoms with van der Waals surface area (Å²) in [6.07, 6.45) is 0.0633. The fourth-order valence-electron chi connectivity index (χ4n) is 2.97. The molecule has 0 N–H and O–H groups in total. The van der Waals surface area contributed by atoms with Crippen LogP contribution in [0.3, 0.4) is 0 Å². The molecule has 0 aliphatic carbocycles. The number of hydrogen-bond donors (Lipinski definition) is 0. The number of ether oxygens (including phenoxy) is 1. The van der Waals surface area contributed by atoms with Gasteiger partial charge in [0.15, 0.2) is 0 Å². The number of carbonyl (C=O) groups is 3. The van der Waals surface area contributed by atoms with Gasteiger partial charge >= 0.3 is 5.97 Å². The summed E-state index contributed by atoms with van der Waals surface area (Å²) in [6.45, 7) is 7.58. The van der Waals surface area contributed by atoms with Crippen molar-refractivity contribution in [3.8, 4) is 0 Å². The molecule has 0 saturated heterocycles. The van der Waals surface area contributed by atoms with Crippen molar-refractivity contribution in [1.29, 1.82) is 0 Å². The fraction of sp³-hybridized carbons (Fsp3) is 0.500. The summed E-state index contributed by atoms with van der Waals surface area (Å²) in [6, 6.07) is 4.99. The summed E-state index contributed by atoms with van der Waals surface area (Å²) in [4.78, 5) is 40.8. The predicted octanol–water partition coefficient (Wildman–Crippen LogP) is 2.83. The second-order valence-corrected chi connectivity index (χ2v) is 7.56. The van der Waals surface area contributed by atoms with Gasteiger partial charge in [-0.05, 0) is 68.5 Å². The van der Waals surface area contributed by atoms with Gasteiger partial charge in [0.2, 0.25) is 5.91 Å². The summed E-state index contributed by atoms with van der Waals surface area (Å²) in [7, 11) is 0. The molecule has 1 aliphatic heterocycles. The van der Waals surface area contributed by atoms with Gasteiger partial charge in [-0.1, -0.05) is 0 Å². The van der Waals surface area contributed by atoms with E-state index < -0.39 is 6.04 Å². The molecular formula is C18H23IN2O4. The van der Waals surface area contributed by atoms with Gasteiger partial charge in [-0.25, -0.2) is 0 Å². The number of fused-ring (bicyclic) bond motifs is 1. The summed E-state index contributed by atoms with van der Waals surface area (Å²) in [5.74, 6) is -0.760. The highest BCUT2D eigenvalue weighted by atomic mass is 127. The first-order valence-corrected chi connectivity index (χ1v) is 9.42. The maximum absolute atomic E-state index is 13.1. The van der Waals surface area contributed by atoms with Crippen LogP contribution in [0.15, 0.2) is 18.2 Å². The van der Waals surface area contributed by atoms with Crippen molar-refractivity contribution in [2.45, 2.75) is 46.2 Å². The third kappa shape index (κ3) is 4.31. The van der Waals surface area contributed by atoms with Crippen molar-refractivity contribution >= 4 is 46.1 Å². The first-order valence-electron chi connectivity index (χ1n) is 8.34. The number of benzene rings is 1. The van der Waals surface area contributed by atoms with E-state index in [1.165, 1.54) is 4.90 Å². The summed E-state index contributed by atoms with van der Waals surface area (Å²) < 4.78 is 5.89. The predicted molar refractivity (Wildman–Crippen MR) is 104 cm³/mol. The molecule has 1 aromatic rings. The minimum atomic E-state index is -0.423. The Hall–Kier alpha value is -1.64. The molecule has 1 heterocycles. The fourth-order valence-corrected chi connectivity index (χ4v) is 3.46. The number of hydrogen-bond acceptors (Lipinski definition) is 4. The van der Waals surface area contributed by atoms with Crippen LogP contribution in [-0.4, -0.2) is 47.9 Å². The minimum absolute atomic E-state index is 0.0527. The van der Waals surface area contributed by atoms with Crippen molar-refractivity contribution in [2.24, 2.45) is 0 Å². The lowest BCUT2D eigenvalue weighted by atomic mass is 10.1. The number of anilines is 1. The van der Waals surface area contributed by atoms with E-state index in [0.29, 0.717) is 17.9 Å². The molecule has 0 aromatic heterocycles. The summed E-state index contributed by atoms with van der Waals surface area (Å²) in [5, 5.41) is 0. The molecular weight excluding hydrogens is 435 g/mol. The second-order valence-electron chi connectivity index (χ2n) is 6.31. The van der Waals surface area contributed by atoms with Crippen LogP contribution < -0.4 is 4.90 Å². The molecule has 25 heavy (non-hydrogen) atoms. The number of halogens is 1. The van der Waals surface area contributed by atoms with Crippen molar-refractivity contribution in [2.75, 3.05) is 18.1 Å². The zero-order valence-electron chi connectivity index (χ0n) is 14.9. The Balaban J connectivity index is 2.41. The van der Waals surface area contributed by atoms with Crippen LogP contribution in [-0.2, 0) is 14.3 Å². The molecule has 1 unspecified atom stereocenters. The highest BCUT2D eigenvalue weighted by Crippen LogP contribution is 2.30. The lowest BCUT2D eigenvalue weighted by Gasteiger charge is -2.28. The summed E-state index contributed by atoms with van der Waals surface area (Å²) in [5.41, 5.74) is 1.11. The van der Waals surface area contributed by atoms with E-state index in [4.69, 9.17) is 4.74 Å². The van der Waals surface area contributed by atoms with Crippen LogP contribution >= 0.6 is 22.6 Å². The quantitative estimate of drug-likeness (QED) is 0.503. The number of esters is 1. The van der Waals surface area contributed by atoms with Crippen molar-refractivity contribution in [1.82, 2.24) is 4.90 Å². The first-order chi connectivity index (χ1) is 11.8. The van der Waals surface area contributed by atoms with Gasteiger partial charge in [0.05, 0.1) is 24.3 Å². The van der Waals surface area contributed by atoms with E-state index in [1.807, 2.05) is 26.0 Å². The molecule has 6 nitrogen and oxygen atoms in total. The smallest absolute Gasteiger partial charge is 0.307 e. The standard InChI is InChI=1S/C18H23IN2O4/c1-5-25-17(23)8-12(4)20-10-16(22)21(11(2)3)15-7-6-13(19)9-14(15)18(20)24/h6-7,9,11-12H,5,8,10H2,1-4H3.